The highest BCUT2D eigenvalue weighted by Crippen LogP contribution is 2.43. The van der Waals surface area contributed by atoms with Crippen LogP contribution in [0.1, 0.15) is 111 Å². The van der Waals surface area contributed by atoms with Crippen LogP contribution in [0.4, 0.5) is 5.13 Å². The maximum absolute atomic E-state index is 14.6. The third-order valence-electron chi connectivity index (χ3n) is 8.86. The summed E-state index contributed by atoms with van der Waals surface area (Å²) in [7, 11) is 1.58. The van der Waals surface area contributed by atoms with Gasteiger partial charge < -0.3 is 9.64 Å². The molecule has 0 radical (unpaired) electrons. The van der Waals surface area contributed by atoms with E-state index in [1.165, 1.54) is 39.0 Å². The standard InChI is InChI=1S/C40H55N5O7S/c1-14-16-18-42(19-17-15-2)39-41-34(32-25(6)20-24(5)21-30(32)52-13)31(53-39)22-29-26(7)33(37(50)43(27(8)46)40(10,11)12)38(51)45(36(29)49)44(28(9)47)35(48)23(3)4/h20-23H,14-19H2,1-13H3/b29-22-. The number of rotatable bonds is 13. The van der Waals surface area contributed by atoms with Gasteiger partial charge in [-0.25, -0.2) is 4.98 Å². The van der Waals surface area contributed by atoms with Gasteiger partial charge in [0.25, 0.3) is 23.6 Å². The molecule has 0 aliphatic carbocycles. The van der Waals surface area contributed by atoms with Gasteiger partial charge in [0.05, 0.1) is 17.7 Å². The lowest BCUT2D eigenvalue weighted by molar-refractivity contribution is -0.178. The molecule has 6 amide bonds. The number of unbranched alkanes of at least 4 members (excludes halogenated alkanes) is 2. The average Bonchev–Trinajstić information content (AvgIpc) is 3.46. The van der Waals surface area contributed by atoms with Gasteiger partial charge in [-0.2, -0.15) is 10.0 Å². The van der Waals surface area contributed by atoms with Crippen molar-refractivity contribution in [3.63, 3.8) is 0 Å². The molecule has 1 aromatic carbocycles. The van der Waals surface area contributed by atoms with Gasteiger partial charge >= 0.3 is 0 Å². The summed E-state index contributed by atoms with van der Waals surface area (Å²) in [5, 5.41) is 1.65. The van der Waals surface area contributed by atoms with E-state index in [9.17, 15) is 28.8 Å². The summed E-state index contributed by atoms with van der Waals surface area (Å²) >= 11 is 1.35. The number of nitrogens with zero attached hydrogens (tertiary/aromatic N) is 5. The van der Waals surface area contributed by atoms with E-state index in [1.54, 1.807) is 34.0 Å². The van der Waals surface area contributed by atoms with Crippen LogP contribution < -0.4 is 9.64 Å². The molecule has 2 heterocycles. The van der Waals surface area contributed by atoms with Gasteiger partial charge in [0.1, 0.15) is 11.3 Å². The van der Waals surface area contributed by atoms with Crippen molar-refractivity contribution in [3.8, 4) is 17.0 Å². The first-order chi connectivity index (χ1) is 24.7. The van der Waals surface area contributed by atoms with Crippen LogP contribution in [0.5, 0.6) is 5.75 Å². The summed E-state index contributed by atoms with van der Waals surface area (Å²) < 4.78 is 5.85. The molecule has 0 spiro atoms. The lowest BCUT2D eigenvalue weighted by atomic mass is 9.92. The molecular weight excluding hydrogens is 695 g/mol. The second-order valence-electron chi connectivity index (χ2n) is 14.7. The van der Waals surface area contributed by atoms with Crippen LogP contribution in [0.2, 0.25) is 0 Å². The summed E-state index contributed by atoms with van der Waals surface area (Å²) in [6.45, 7) is 21.4. The van der Waals surface area contributed by atoms with E-state index in [0.717, 1.165) is 66.9 Å². The molecule has 288 valence electrons. The Morgan fingerprint density at radius 2 is 1.53 bits per heavy atom. The number of aryl methyl sites for hydroxylation is 2. The van der Waals surface area contributed by atoms with Gasteiger partial charge in [0.2, 0.25) is 11.8 Å². The molecule has 13 heteroatoms. The Morgan fingerprint density at radius 1 is 0.943 bits per heavy atom. The Balaban J connectivity index is 2.53. The first-order valence-electron chi connectivity index (χ1n) is 18.2. The fraction of sp³-hybridized carbons (Fsp3) is 0.525. The Hall–Kier alpha value is -4.65. The molecule has 1 aromatic heterocycles. The van der Waals surface area contributed by atoms with Crippen molar-refractivity contribution in [1.29, 1.82) is 0 Å². The summed E-state index contributed by atoms with van der Waals surface area (Å²) in [5.41, 5.74) is 1.44. The second kappa shape index (κ2) is 17.5. The first kappa shape index (κ1) is 42.8. The first-order valence-corrected chi connectivity index (χ1v) is 19.0. The Bertz CT molecular complexity index is 1840. The van der Waals surface area contributed by atoms with E-state index in [4.69, 9.17) is 9.72 Å². The van der Waals surface area contributed by atoms with E-state index in [1.807, 2.05) is 26.0 Å². The van der Waals surface area contributed by atoms with Crippen LogP contribution in [0.15, 0.2) is 28.9 Å². The fourth-order valence-corrected chi connectivity index (χ4v) is 7.37. The maximum atomic E-state index is 14.6. The molecule has 1 aliphatic heterocycles. The molecule has 0 fully saturated rings. The van der Waals surface area contributed by atoms with Crippen LogP contribution >= 0.6 is 11.3 Å². The van der Waals surface area contributed by atoms with Crippen molar-refractivity contribution in [2.75, 3.05) is 25.1 Å². The number of imide groups is 3. The molecule has 53 heavy (non-hydrogen) atoms. The Morgan fingerprint density at radius 3 is 2.00 bits per heavy atom. The number of carbonyl (C=O) groups excluding carboxylic acids is 6. The minimum Gasteiger partial charge on any atom is -0.496 e. The average molecular weight is 750 g/mol. The SMILES string of the molecule is CCCCN(CCCC)c1nc(-c2c(C)cc(C)cc2OC)c(/C=C2\C(=O)N(N(C(C)=O)C(=O)C(C)C)C(=O)C(C(=O)N(C(C)=O)C(C)(C)C)=C2C)s1. The van der Waals surface area contributed by atoms with Crippen LogP contribution in [0.25, 0.3) is 17.3 Å². The van der Waals surface area contributed by atoms with Gasteiger partial charge in [-0.05, 0) is 83.2 Å². The lowest BCUT2D eigenvalue weighted by Gasteiger charge is -2.38. The van der Waals surface area contributed by atoms with Gasteiger partial charge in [0, 0.05) is 49.5 Å². The number of ether oxygens (including phenoxy) is 1. The number of anilines is 1. The Labute approximate surface area is 317 Å². The molecule has 2 aromatic rings. The predicted octanol–water partition coefficient (Wildman–Crippen LogP) is 7.03. The molecule has 0 saturated carbocycles. The number of aromatic nitrogens is 1. The van der Waals surface area contributed by atoms with Crippen LogP contribution in [0, 0.1) is 19.8 Å². The third-order valence-corrected chi connectivity index (χ3v) is 9.93. The molecule has 12 nitrogen and oxygen atoms in total. The number of amides is 6. The van der Waals surface area contributed by atoms with Gasteiger partial charge in [-0.3, -0.25) is 33.7 Å². The molecule has 0 atom stereocenters. The van der Waals surface area contributed by atoms with Crippen LogP contribution in [-0.4, -0.2) is 81.1 Å². The summed E-state index contributed by atoms with van der Waals surface area (Å²) in [5.74, 6) is -5.64. The zero-order chi connectivity index (χ0) is 40.1. The van der Waals surface area contributed by atoms with Crippen molar-refractivity contribution in [3.05, 3.63) is 44.9 Å². The zero-order valence-corrected chi connectivity index (χ0v) is 34.4. The molecule has 1 aliphatic rings. The van der Waals surface area contributed by atoms with Gasteiger partial charge in [-0.15, -0.1) is 0 Å². The highest BCUT2D eigenvalue weighted by atomic mass is 32.1. The minimum atomic E-state index is -1.18. The van der Waals surface area contributed by atoms with Crippen LogP contribution in [0.3, 0.4) is 0 Å². The smallest absolute Gasteiger partial charge is 0.286 e. The number of thiazole rings is 1. The van der Waals surface area contributed by atoms with E-state index in [0.29, 0.717) is 31.9 Å². The molecule has 0 bridgehead atoms. The number of hydrogen-bond acceptors (Lipinski definition) is 10. The number of hydrogen-bond donors (Lipinski definition) is 0. The molecule has 3 rings (SSSR count). The van der Waals surface area contributed by atoms with E-state index >= 15 is 0 Å². The zero-order valence-electron chi connectivity index (χ0n) is 33.6. The molecular formula is C40H55N5O7S. The van der Waals surface area contributed by atoms with Crippen molar-refractivity contribution < 1.29 is 33.5 Å². The maximum Gasteiger partial charge on any atom is 0.286 e. The minimum absolute atomic E-state index is 0.000405. The van der Waals surface area contributed by atoms with Crippen molar-refractivity contribution in [1.82, 2.24) is 19.9 Å². The second-order valence-corrected chi connectivity index (χ2v) is 15.7. The fourth-order valence-electron chi connectivity index (χ4n) is 6.30. The molecule has 0 N–H and O–H groups in total. The summed E-state index contributed by atoms with van der Waals surface area (Å²) in [6.07, 6.45) is 5.40. The highest BCUT2D eigenvalue weighted by Gasteiger charge is 2.47. The van der Waals surface area contributed by atoms with Crippen molar-refractivity contribution >= 4 is 58.0 Å². The topological polar surface area (TPSA) is 138 Å². The highest BCUT2D eigenvalue weighted by molar-refractivity contribution is 7.17. The molecule has 0 saturated heterocycles. The van der Waals surface area contributed by atoms with Gasteiger partial charge in [-0.1, -0.05) is 57.9 Å². The Kier molecular flexibility index (Phi) is 14.1. The largest absolute Gasteiger partial charge is 0.496 e. The number of carbonyl (C=O) groups is 6. The summed E-state index contributed by atoms with van der Waals surface area (Å²) in [6, 6.07) is 3.92. The van der Waals surface area contributed by atoms with E-state index in [2.05, 4.69) is 18.7 Å². The predicted molar refractivity (Wildman–Crippen MR) is 208 cm³/mol. The van der Waals surface area contributed by atoms with Gasteiger partial charge in [0.15, 0.2) is 5.13 Å². The number of hydrazine groups is 1. The molecule has 0 unspecified atom stereocenters. The van der Waals surface area contributed by atoms with E-state index in [-0.39, 0.29) is 11.1 Å². The van der Waals surface area contributed by atoms with E-state index < -0.39 is 52.5 Å². The van der Waals surface area contributed by atoms with Crippen molar-refractivity contribution in [2.45, 2.75) is 114 Å². The van der Waals surface area contributed by atoms with Crippen molar-refractivity contribution in [2.24, 2.45) is 5.92 Å². The lowest BCUT2D eigenvalue weighted by Crippen LogP contribution is -2.60. The number of methoxy groups -OCH3 is 1. The normalized spacial score (nSPS) is 14.3. The van der Waals surface area contributed by atoms with Crippen LogP contribution in [-0.2, 0) is 28.8 Å². The quantitative estimate of drug-likeness (QED) is 0.120. The monoisotopic (exact) mass is 749 g/mol. The number of benzene rings is 1. The third kappa shape index (κ3) is 9.12. The summed E-state index contributed by atoms with van der Waals surface area (Å²) in [4.78, 5) is 91.6.